The third-order valence-corrected chi connectivity index (χ3v) is 5.07. The molecule has 1 atom stereocenters. The lowest BCUT2D eigenvalue weighted by Gasteiger charge is -2.29. The van der Waals surface area contributed by atoms with E-state index in [-0.39, 0.29) is 5.41 Å². The fourth-order valence-corrected chi connectivity index (χ4v) is 4.12. The second-order valence-electron chi connectivity index (χ2n) is 6.34. The molecule has 0 aliphatic heterocycles. The van der Waals surface area contributed by atoms with Crippen molar-refractivity contribution in [2.24, 2.45) is 0 Å². The minimum atomic E-state index is 0.181. The highest BCUT2D eigenvalue weighted by molar-refractivity contribution is 5.85. The van der Waals surface area contributed by atoms with Crippen LogP contribution in [-0.4, -0.2) is 5.71 Å². The van der Waals surface area contributed by atoms with Crippen LogP contribution in [-0.2, 0) is 18.3 Å². The lowest BCUT2D eigenvalue weighted by Crippen LogP contribution is -2.26. The molecule has 2 aromatic carbocycles. The molecule has 0 heterocycles. The molecular formula is C19H19N. The highest BCUT2D eigenvalue weighted by Gasteiger charge is 2.41. The number of rotatable bonds is 0. The van der Waals surface area contributed by atoms with E-state index in [1.165, 1.54) is 22.3 Å². The Morgan fingerprint density at radius 2 is 1.50 bits per heavy atom. The summed E-state index contributed by atoms with van der Waals surface area (Å²) >= 11 is 0. The largest absolute Gasteiger partial charge is 0.310 e. The molecule has 100 valence electrons. The van der Waals surface area contributed by atoms with Gasteiger partial charge in [-0.25, -0.2) is 0 Å². The van der Waals surface area contributed by atoms with Crippen LogP contribution in [0.4, 0.5) is 0 Å². The Morgan fingerprint density at radius 1 is 0.800 bits per heavy atom. The molecule has 0 bridgehead atoms. The van der Waals surface area contributed by atoms with Gasteiger partial charge >= 0.3 is 0 Å². The van der Waals surface area contributed by atoms with E-state index >= 15 is 0 Å². The molecular weight excluding hydrogens is 242 g/mol. The van der Waals surface area contributed by atoms with Gasteiger partial charge in [-0.1, -0.05) is 48.5 Å². The Balaban J connectivity index is 1.93. The van der Waals surface area contributed by atoms with Crippen molar-refractivity contribution < 1.29 is 0 Å². The quantitative estimate of drug-likeness (QED) is 0.732. The number of nitrogens with one attached hydrogen (secondary N) is 1. The Hall–Kier alpha value is -1.89. The van der Waals surface area contributed by atoms with Crippen LogP contribution < -0.4 is 0 Å². The Morgan fingerprint density at radius 3 is 2.25 bits per heavy atom. The molecule has 2 aromatic rings. The average Bonchev–Trinajstić information content (AvgIpc) is 2.77. The van der Waals surface area contributed by atoms with Gasteiger partial charge in [-0.05, 0) is 54.4 Å². The summed E-state index contributed by atoms with van der Waals surface area (Å²) in [4.78, 5) is 0. The SMILES string of the molecule is N=C1CCC2(C1)Cc1ccccc1Cc1ccccc12. The Labute approximate surface area is 120 Å². The van der Waals surface area contributed by atoms with Gasteiger partial charge in [0, 0.05) is 11.1 Å². The molecule has 1 unspecified atom stereocenters. The first-order valence-corrected chi connectivity index (χ1v) is 7.48. The molecule has 2 aliphatic rings. The van der Waals surface area contributed by atoms with Gasteiger partial charge < -0.3 is 5.41 Å². The number of fused-ring (bicyclic) bond motifs is 3. The van der Waals surface area contributed by atoms with E-state index in [1.807, 2.05) is 0 Å². The lowest BCUT2D eigenvalue weighted by molar-refractivity contribution is 0.448. The maximum Gasteiger partial charge on any atom is 0.00984 e. The third kappa shape index (κ3) is 1.73. The summed E-state index contributed by atoms with van der Waals surface area (Å²) < 4.78 is 0. The molecule has 2 aliphatic carbocycles. The van der Waals surface area contributed by atoms with Gasteiger partial charge in [0.15, 0.2) is 0 Å². The molecule has 4 rings (SSSR count). The van der Waals surface area contributed by atoms with Gasteiger partial charge in [-0.15, -0.1) is 0 Å². The van der Waals surface area contributed by atoms with Gasteiger partial charge in [-0.3, -0.25) is 0 Å². The van der Waals surface area contributed by atoms with E-state index in [9.17, 15) is 0 Å². The summed E-state index contributed by atoms with van der Waals surface area (Å²) in [6.45, 7) is 0. The van der Waals surface area contributed by atoms with Crippen molar-refractivity contribution in [1.82, 2.24) is 0 Å². The van der Waals surface area contributed by atoms with E-state index in [1.54, 1.807) is 0 Å². The second kappa shape index (κ2) is 4.31. The summed E-state index contributed by atoms with van der Waals surface area (Å²) in [6.07, 6.45) is 5.19. The van der Waals surface area contributed by atoms with Crippen molar-refractivity contribution in [3.05, 3.63) is 70.8 Å². The first-order chi connectivity index (χ1) is 9.77. The number of benzene rings is 2. The maximum atomic E-state index is 8.11. The molecule has 1 fully saturated rings. The van der Waals surface area contributed by atoms with Gasteiger partial charge in [0.1, 0.15) is 0 Å². The molecule has 0 radical (unpaired) electrons. The smallest absolute Gasteiger partial charge is 0.00984 e. The van der Waals surface area contributed by atoms with Gasteiger partial charge in [0.2, 0.25) is 0 Å². The normalized spacial score (nSPS) is 24.3. The molecule has 0 aromatic heterocycles. The summed E-state index contributed by atoms with van der Waals surface area (Å²) in [6, 6.07) is 17.8. The van der Waals surface area contributed by atoms with Crippen LogP contribution in [0.15, 0.2) is 48.5 Å². The van der Waals surface area contributed by atoms with Crippen molar-refractivity contribution >= 4 is 5.71 Å². The van der Waals surface area contributed by atoms with Crippen molar-refractivity contribution in [1.29, 1.82) is 5.41 Å². The van der Waals surface area contributed by atoms with E-state index in [4.69, 9.17) is 5.41 Å². The van der Waals surface area contributed by atoms with Gasteiger partial charge in [0.25, 0.3) is 0 Å². The minimum Gasteiger partial charge on any atom is -0.310 e. The van der Waals surface area contributed by atoms with Crippen LogP contribution in [0.3, 0.4) is 0 Å². The molecule has 20 heavy (non-hydrogen) atoms. The Kier molecular flexibility index (Phi) is 2.56. The average molecular weight is 261 g/mol. The van der Waals surface area contributed by atoms with Crippen LogP contribution in [0.5, 0.6) is 0 Å². The highest BCUT2D eigenvalue weighted by Crippen LogP contribution is 2.46. The molecule has 1 heteroatoms. The highest BCUT2D eigenvalue weighted by atomic mass is 14.5. The third-order valence-electron chi connectivity index (χ3n) is 5.07. The van der Waals surface area contributed by atoms with Gasteiger partial charge in [-0.2, -0.15) is 0 Å². The van der Waals surface area contributed by atoms with E-state index in [2.05, 4.69) is 48.5 Å². The standard InChI is InChI=1S/C19H19N/c20-17-9-10-19(13-17)12-16-7-2-1-5-14(16)11-15-6-3-4-8-18(15)19/h1-8,20H,9-13H2. The second-order valence-corrected chi connectivity index (χ2v) is 6.34. The predicted molar refractivity (Wildman–Crippen MR) is 82.6 cm³/mol. The van der Waals surface area contributed by atoms with E-state index in [0.717, 1.165) is 37.8 Å². The Bertz CT molecular complexity index is 686. The zero-order valence-electron chi connectivity index (χ0n) is 11.7. The summed E-state index contributed by atoms with van der Waals surface area (Å²) in [5.74, 6) is 0. The predicted octanol–water partition coefficient (Wildman–Crippen LogP) is 4.27. The summed E-state index contributed by atoms with van der Waals surface area (Å²) in [5, 5.41) is 8.11. The number of hydrogen-bond donors (Lipinski definition) is 1. The van der Waals surface area contributed by atoms with Gasteiger partial charge in [0.05, 0.1) is 0 Å². The lowest BCUT2D eigenvalue weighted by atomic mass is 9.74. The van der Waals surface area contributed by atoms with Crippen LogP contribution >= 0.6 is 0 Å². The zero-order valence-corrected chi connectivity index (χ0v) is 11.7. The van der Waals surface area contributed by atoms with Crippen molar-refractivity contribution in [3.8, 4) is 0 Å². The van der Waals surface area contributed by atoms with Crippen LogP contribution in [0.25, 0.3) is 0 Å². The van der Waals surface area contributed by atoms with Crippen LogP contribution in [0.2, 0.25) is 0 Å². The van der Waals surface area contributed by atoms with Crippen LogP contribution in [0, 0.1) is 5.41 Å². The molecule has 1 nitrogen and oxygen atoms in total. The zero-order chi connectivity index (χ0) is 13.6. The molecule has 1 spiro atoms. The fourth-order valence-electron chi connectivity index (χ4n) is 4.12. The van der Waals surface area contributed by atoms with Crippen molar-refractivity contribution in [2.75, 3.05) is 0 Å². The van der Waals surface area contributed by atoms with Crippen LogP contribution in [0.1, 0.15) is 41.5 Å². The van der Waals surface area contributed by atoms with E-state index < -0.39 is 0 Å². The first-order valence-electron chi connectivity index (χ1n) is 7.48. The van der Waals surface area contributed by atoms with Crippen molar-refractivity contribution in [3.63, 3.8) is 0 Å². The molecule has 0 saturated heterocycles. The molecule has 0 amide bonds. The van der Waals surface area contributed by atoms with Crippen molar-refractivity contribution in [2.45, 2.75) is 37.5 Å². The molecule has 1 saturated carbocycles. The molecule has 1 N–H and O–H groups in total. The summed E-state index contributed by atoms with van der Waals surface area (Å²) in [7, 11) is 0. The monoisotopic (exact) mass is 261 g/mol. The maximum absolute atomic E-state index is 8.11. The van der Waals surface area contributed by atoms with E-state index in [0.29, 0.717) is 0 Å². The fraction of sp³-hybridized carbons (Fsp3) is 0.316. The summed E-state index contributed by atoms with van der Waals surface area (Å²) in [5.41, 5.74) is 7.03. The first kappa shape index (κ1) is 11.9. The topological polar surface area (TPSA) is 23.9 Å². The number of hydrogen-bond acceptors (Lipinski definition) is 1. The minimum absolute atomic E-state index is 0.181.